The van der Waals surface area contributed by atoms with Gasteiger partial charge < -0.3 is 9.84 Å². The fourth-order valence-corrected chi connectivity index (χ4v) is 2.28. The van der Waals surface area contributed by atoms with E-state index in [9.17, 15) is 5.11 Å². The summed E-state index contributed by atoms with van der Waals surface area (Å²) in [6.07, 6.45) is 0. The zero-order chi connectivity index (χ0) is 15.5. The maximum atomic E-state index is 9.53. The Labute approximate surface area is 126 Å². The monoisotopic (exact) mass is 284 g/mol. The van der Waals surface area contributed by atoms with Crippen LogP contribution in [0.5, 0.6) is 0 Å². The van der Waals surface area contributed by atoms with Crippen LogP contribution in [0.1, 0.15) is 12.5 Å². The average Bonchev–Trinajstić information content (AvgIpc) is 2.54. The number of aryl methyl sites for hydroxylation is 1. The lowest BCUT2D eigenvalue weighted by Gasteiger charge is -2.22. The normalized spacial score (nSPS) is 13.7. The van der Waals surface area contributed by atoms with Gasteiger partial charge in [-0.15, -0.1) is 0 Å². The molecule has 0 heterocycles. The van der Waals surface area contributed by atoms with Crippen LogP contribution in [0.25, 0.3) is 11.1 Å². The number of benzene rings is 2. The van der Waals surface area contributed by atoms with Crippen LogP contribution >= 0.6 is 0 Å². The fourth-order valence-electron chi connectivity index (χ4n) is 2.28. The second-order valence-corrected chi connectivity index (χ2v) is 5.33. The Kier molecular flexibility index (Phi) is 4.56. The minimum absolute atomic E-state index is 0.132. The molecule has 3 nitrogen and oxygen atoms in total. The molecule has 110 valence electrons. The molecule has 0 aliphatic heterocycles. The van der Waals surface area contributed by atoms with E-state index in [0.717, 1.165) is 16.8 Å². The Hall–Kier alpha value is -1.97. The maximum absolute atomic E-state index is 9.53. The first-order valence-corrected chi connectivity index (χ1v) is 6.94. The number of hydrogen-bond acceptors (Lipinski definition) is 2. The van der Waals surface area contributed by atoms with Crippen LogP contribution in [0.2, 0.25) is 0 Å². The van der Waals surface area contributed by atoms with Crippen molar-refractivity contribution in [1.29, 1.82) is 0 Å². The minimum atomic E-state index is -0.834. The second kappa shape index (κ2) is 6.20. The molecule has 0 fully saturated rings. The van der Waals surface area contributed by atoms with E-state index in [1.807, 2.05) is 38.1 Å². The molecule has 2 aromatic rings. The van der Waals surface area contributed by atoms with Gasteiger partial charge in [-0.1, -0.05) is 30.3 Å². The van der Waals surface area contributed by atoms with E-state index in [4.69, 9.17) is 4.74 Å². The van der Waals surface area contributed by atoms with Gasteiger partial charge in [-0.05, 0) is 30.2 Å². The highest BCUT2D eigenvalue weighted by Gasteiger charge is 2.36. The molecule has 1 N–H and O–H groups in total. The fraction of sp³-hybridized carbons (Fsp3) is 0.278. The van der Waals surface area contributed by atoms with Gasteiger partial charge in [0.05, 0.1) is 0 Å². The summed E-state index contributed by atoms with van der Waals surface area (Å²) in [5, 5.41) is 9.53. The number of rotatable bonds is 5. The zero-order valence-corrected chi connectivity index (χ0v) is 12.8. The molecular weight excluding hydrogens is 262 g/mol. The van der Waals surface area contributed by atoms with Crippen LogP contribution in [-0.4, -0.2) is 35.8 Å². The molecule has 3 heteroatoms. The van der Waals surface area contributed by atoms with Crippen molar-refractivity contribution >= 4 is 12.4 Å². The lowest BCUT2D eigenvalue weighted by Crippen LogP contribution is -2.41. The summed E-state index contributed by atoms with van der Waals surface area (Å²) < 4.78 is 7.11. The van der Waals surface area contributed by atoms with Gasteiger partial charge >= 0.3 is 0 Å². The van der Waals surface area contributed by atoms with Crippen molar-refractivity contribution in [3.8, 4) is 11.1 Å². The molecule has 0 spiro atoms. The number of ether oxygens (including phenoxy) is 1. The standard InChI is InChI=1S/C18H22NO2/c1-14-12-16(15-8-6-5-7-9-15)10-11-17(14)19(3)18(2,13-20)21-4/h5-12,20H,3,13H2,1-2,4H3/q+1/t18-/m0/s1. The molecule has 0 aromatic heterocycles. The topological polar surface area (TPSA) is 32.5 Å². The Bertz CT molecular complexity index is 631. The zero-order valence-electron chi connectivity index (χ0n) is 12.8. The molecule has 0 aliphatic carbocycles. The van der Waals surface area contributed by atoms with Crippen LogP contribution in [0.3, 0.4) is 0 Å². The van der Waals surface area contributed by atoms with Crippen LogP contribution in [-0.2, 0) is 4.74 Å². The third kappa shape index (κ3) is 3.04. The van der Waals surface area contributed by atoms with Crippen LogP contribution < -0.4 is 0 Å². The summed E-state index contributed by atoms with van der Waals surface area (Å²) in [6, 6.07) is 16.4. The van der Waals surface area contributed by atoms with E-state index in [1.165, 1.54) is 5.56 Å². The first-order valence-electron chi connectivity index (χ1n) is 6.94. The lowest BCUT2D eigenvalue weighted by molar-refractivity contribution is -0.589. The van der Waals surface area contributed by atoms with Crippen molar-refractivity contribution in [2.24, 2.45) is 0 Å². The van der Waals surface area contributed by atoms with Crippen LogP contribution in [0.4, 0.5) is 5.69 Å². The van der Waals surface area contributed by atoms with Crippen molar-refractivity contribution in [2.45, 2.75) is 19.6 Å². The molecule has 0 aliphatic rings. The third-order valence-corrected chi connectivity index (χ3v) is 3.90. The quantitative estimate of drug-likeness (QED) is 0.519. The third-order valence-electron chi connectivity index (χ3n) is 3.90. The largest absolute Gasteiger partial charge is 0.386 e. The van der Waals surface area contributed by atoms with Gasteiger partial charge in [0, 0.05) is 25.7 Å². The van der Waals surface area contributed by atoms with E-state index >= 15 is 0 Å². The molecule has 0 bridgehead atoms. The number of methoxy groups -OCH3 is 1. The molecule has 2 aromatic carbocycles. The summed E-state index contributed by atoms with van der Waals surface area (Å²) in [4.78, 5) is 0. The van der Waals surface area contributed by atoms with Gasteiger partial charge in [0.15, 0.2) is 0 Å². The number of nitrogens with zero attached hydrogens (tertiary/aromatic N) is 1. The maximum Gasteiger partial charge on any atom is 0.292 e. The summed E-state index contributed by atoms with van der Waals surface area (Å²) in [5.74, 6) is 0. The first-order chi connectivity index (χ1) is 10.0. The van der Waals surface area contributed by atoms with Crippen molar-refractivity contribution < 1.29 is 14.4 Å². The van der Waals surface area contributed by atoms with Gasteiger partial charge in [0.25, 0.3) is 5.72 Å². The van der Waals surface area contributed by atoms with E-state index in [-0.39, 0.29) is 6.61 Å². The number of hydrogen-bond donors (Lipinski definition) is 1. The summed E-state index contributed by atoms with van der Waals surface area (Å²) >= 11 is 0. The summed E-state index contributed by atoms with van der Waals surface area (Å²) in [7, 11) is 1.57. The smallest absolute Gasteiger partial charge is 0.292 e. The Morgan fingerprint density at radius 2 is 1.81 bits per heavy atom. The second-order valence-electron chi connectivity index (χ2n) is 5.33. The van der Waals surface area contributed by atoms with Gasteiger partial charge in [-0.25, -0.2) is 0 Å². The van der Waals surface area contributed by atoms with Crippen LogP contribution in [0, 0.1) is 6.92 Å². The molecule has 0 saturated carbocycles. The Morgan fingerprint density at radius 3 is 2.33 bits per heavy atom. The molecular formula is C18H22NO2+. The predicted octanol–water partition coefficient (Wildman–Crippen LogP) is 3.36. The molecule has 0 radical (unpaired) electrons. The number of aliphatic hydroxyl groups excluding tert-OH is 1. The highest BCUT2D eigenvalue weighted by atomic mass is 16.5. The molecule has 1 atom stereocenters. The highest BCUT2D eigenvalue weighted by molar-refractivity contribution is 5.66. The van der Waals surface area contributed by atoms with Gasteiger partial charge in [0.1, 0.15) is 13.3 Å². The highest BCUT2D eigenvalue weighted by Crippen LogP contribution is 2.29. The first kappa shape index (κ1) is 15.4. The van der Waals surface area contributed by atoms with Crippen molar-refractivity contribution in [2.75, 3.05) is 13.7 Å². The molecule has 0 amide bonds. The lowest BCUT2D eigenvalue weighted by atomic mass is 10.0. The molecule has 0 unspecified atom stereocenters. The number of aliphatic hydroxyl groups is 1. The van der Waals surface area contributed by atoms with Crippen LogP contribution in [0.15, 0.2) is 48.5 Å². The Balaban J connectivity index is 2.39. The van der Waals surface area contributed by atoms with E-state index in [2.05, 4.69) is 31.0 Å². The van der Waals surface area contributed by atoms with Crippen molar-refractivity contribution in [1.82, 2.24) is 0 Å². The van der Waals surface area contributed by atoms with E-state index in [1.54, 1.807) is 11.7 Å². The molecule has 0 saturated heterocycles. The predicted molar refractivity (Wildman–Crippen MR) is 86.2 cm³/mol. The summed E-state index contributed by atoms with van der Waals surface area (Å²) in [6.45, 7) is 7.75. The van der Waals surface area contributed by atoms with Crippen molar-refractivity contribution in [3.05, 3.63) is 54.1 Å². The van der Waals surface area contributed by atoms with Gasteiger partial charge in [-0.3, -0.25) is 0 Å². The average molecular weight is 284 g/mol. The van der Waals surface area contributed by atoms with Crippen molar-refractivity contribution in [3.63, 3.8) is 0 Å². The summed E-state index contributed by atoms with van der Waals surface area (Å²) in [5.41, 5.74) is 3.53. The minimum Gasteiger partial charge on any atom is -0.386 e. The SMILES string of the molecule is C=[N+](c1ccc(-c2ccccc2)cc1C)[C@](C)(CO)OC. The van der Waals surface area contributed by atoms with Gasteiger partial charge in [-0.2, -0.15) is 4.58 Å². The van der Waals surface area contributed by atoms with E-state index < -0.39 is 5.72 Å². The molecule has 2 rings (SSSR count). The van der Waals surface area contributed by atoms with E-state index in [0.29, 0.717) is 0 Å². The van der Waals surface area contributed by atoms with Gasteiger partial charge in [0.2, 0.25) is 5.69 Å². The Morgan fingerprint density at radius 1 is 1.14 bits per heavy atom. The molecule has 21 heavy (non-hydrogen) atoms.